The first kappa shape index (κ1) is 22.9. The lowest BCUT2D eigenvalue weighted by Gasteiger charge is -2.33. The van der Waals surface area contributed by atoms with Crippen molar-refractivity contribution in [2.24, 2.45) is 5.41 Å². The Morgan fingerprint density at radius 2 is 2.00 bits per heavy atom. The molecule has 1 aliphatic rings. The van der Waals surface area contributed by atoms with Crippen LogP contribution in [0.15, 0.2) is 47.5 Å². The Hall–Kier alpha value is -1.80. The Morgan fingerprint density at radius 3 is 2.63 bits per heavy atom. The number of ether oxygens (including phenoxy) is 1. The number of allylic oxidation sites excluding steroid dienone is 3. The Kier molecular flexibility index (Phi) is 6.97. The molecule has 0 bridgehead atoms. The molecule has 0 aliphatic heterocycles. The molecule has 0 fully saturated rings. The third-order valence-electron chi connectivity index (χ3n) is 6.29. The summed E-state index contributed by atoms with van der Waals surface area (Å²) in [5.41, 5.74) is 9.71. The molecule has 0 saturated heterocycles. The first-order chi connectivity index (χ1) is 14.2. The topological polar surface area (TPSA) is 9.23 Å². The molecule has 2 aromatic rings. The molecule has 0 saturated carbocycles. The average Bonchev–Trinajstić information content (AvgIpc) is 2.66. The van der Waals surface area contributed by atoms with Gasteiger partial charge in [-0.15, -0.1) is 0 Å². The van der Waals surface area contributed by atoms with Gasteiger partial charge in [-0.2, -0.15) is 0 Å². The van der Waals surface area contributed by atoms with Crippen molar-refractivity contribution >= 4 is 21.5 Å². The van der Waals surface area contributed by atoms with E-state index >= 15 is 0 Å². The number of aryl methyl sites for hydroxylation is 1. The average molecular weight is 467 g/mol. The van der Waals surface area contributed by atoms with E-state index in [2.05, 4.69) is 93.5 Å². The Morgan fingerprint density at radius 1 is 1.27 bits per heavy atom. The van der Waals surface area contributed by atoms with Gasteiger partial charge in [0.25, 0.3) is 0 Å². The Bertz CT molecular complexity index is 980. The summed E-state index contributed by atoms with van der Waals surface area (Å²) in [4.78, 5) is 0. The maximum absolute atomic E-state index is 5.79. The number of rotatable bonds is 7. The van der Waals surface area contributed by atoms with Crippen LogP contribution in [0.4, 0.5) is 0 Å². The van der Waals surface area contributed by atoms with Crippen LogP contribution in [0.25, 0.3) is 16.7 Å². The minimum atomic E-state index is 0.187. The van der Waals surface area contributed by atoms with E-state index < -0.39 is 0 Å². The normalized spacial score (nSPS) is 16.1. The van der Waals surface area contributed by atoms with Gasteiger partial charge in [0.05, 0.1) is 7.11 Å². The third kappa shape index (κ3) is 4.59. The van der Waals surface area contributed by atoms with Crippen molar-refractivity contribution in [2.75, 3.05) is 7.11 Å². The number of hydrogen-bond donors (Lipinski definition) is 0. The highest BCUT2D eigenvalue weighted by molar-refractivity contribution is 9.11. The van der Waals surface area contributed by atoms with Gasteiger partial charge < -0.3 is 4.74 Å². The molecule has 1 unspecified atom stereocenters. The second-order valence-corrected chi connectivity index (χ2v) is 10.5. The van der Waals surface area contributed by atoms with Gasteiger partial charge in [-0.05, 0) is 88.4 Å². The van der Waals surface area contributed by atoms with Crippen LogP contribution in [-0.2, 0) is 6.42 Å². The summed E-state index contributed by atoms with van der Waals surface area (Å²) < 4.78 is 6.85. The molecule has 0 spiro atoms. The van der Waals surface area contributed by atoms with Gasteiger partial charge in [0.2, 0.25) is 0 Å². The smallest absolute Gasteiger partial charge is 0.126 e. The molecular weight excluding hydrogens is 432 g/mol. The van der Waals surface area contributed by atoms with Gasteiger partial charge in [0.15, 0.2) is 0 Å². The lowest BCUT2D eigenvalue weighted by atomic mass is 9.72. The number of fused-ring (bicyclic) bond motifs is 3. The predicted molar refractivity (Wildman–Crippen MR) is 135 cm³/mol. The molecule has 2 heteroatoms. The molecule has 160 valence electrons. The minimum absolute atomic E-state index is 0.187. The second-order valence-electron chi connectivity index (χ2n) is 9.40. The number of hydrogen-bond acceptors (Lipinski definition) is 1. The lowest BCUT2D eigenvalue weighted by Crippen LogP contribution is -2.16. The zero-order valence-electron chi connectivity index (χ0n) is 19.4. The van der Waals surface area contributed by atoms with Crippen LogP contribution >= 0.6 is 15.9 Å². The van der Waals surface area contributed by atoms with Crippen molar-refractivity contribution in [2.45, 2.75) is 66.2 Å². The van der Waals surface area contributed by atoms with Gasteiger partial charge in [-0.3, -0.25) is 0 Å². The Labute approximate surface area is 191 Å². The SMILES string of the molecule is C=C(Br)CC1Cc2cccc(OC)c2-c2ccc(C)c(/C(C)=C\C(C)(C)CCC)c21. The van der Waals surface area contributed by atoms with Crippen molar-refractivity contribution < 1.29 is 4.74 Å². The summed E-state index contributed by atoms with van der Waals surface area (Å²) in [5.74, 6) is 1.37. The fourth-order valence-electron chi connectivity index (χ4n) is 5.30. The highest BCUT2D eigenvalue weighted by Gasteiger charge is 2.30. The predicted octanol–water partition coefficient (Wildman–Crippen LogP) is 8.84. The molecule has 30 heavy (non-hydrogen) atoms. The highest BCUT2D eigenvalue weighted by atomic mass is 79.9. The summed E-state index contributed by atoms with van der Waals surface area (Å²) in [6.07, 6.45) is 6.81. The van der Waals surface area contributed by atoms with Gasteiger partial charge in [0.1, 0.15) is 5.75 Å². The van der Waals surface area contributed by atoms with Crippen molar-refractivity contribution in [3.05, 3.63) is 69.7 Å². The maximum Gasteiger partial charge on any atom is 0.126 e. The number of benzene rings is 2. The van der Waals surface area contributed by atoms with Crippen molar-refractivity contribution in [3.63, 3.8) is 0 Å². The number of halogens is 1. The first-order valence-corrected chi connectivity index (χ1v) is 11.8. The fourth-order valence-corrected chi connectivity index (χ4v) is 5.69. The molecule has 1 atom stereocenters. The van der Waals surface area contributed by atoms with E-state index in [1.165, 1.54) is 51.8 Å². The summed E-state index contributed by atoms with van der Waals surface area (Å²) in [7, 11) is 1.77. The van der Waals surface area contributed by atoms with E-state index in [1.54, 1.807) is 7.11 Å². The maximum atomic E-state index is 5.79. The van der Waals surface area contributed by atoms with Gasteiger partial charge in [-0.1, -0.05) is 80.0 Å². The standard InChI is InChI=1S/C28H35BrO/c1-8-14-28(5,6)17-19(3)25-18(2)12-13-23-26-21(10-9-11-24(26)30-7)16-22(27(23)25)15-20(4)29/h9-13,17,22H,4,8,14-16H2,1-3,5-7H3/b19-17-. The van der Waals surface area contributed by atoms with Crippen molar-refractivity contribution in [1.29, 1.82) is 0 Å². The molecule has 0 N–H and O–H groups in total. The van der Waals surface area contributed by atoms with Gasteiger partial charge >= 0.3 is 0 Å². The van der Waals surface area contributed by atoms with E-state index in [-0.39, 0.29) is 5.41 Å². The van der Waals surface area contributed by atoms with E-state index in [1.807, 2.05) is 0 Å². The number of methoxy groups -OCH3 is 1. The minimum Gasteiger partial charge on any atom is -0.496 e. The van der Waals surface area contributed by atoms with E-state index in [0.29, 0.717) is 5.92 Å². The highest BCUT2D eigenvalue weighted by Crippen LogP contribution is 2.49. The lowest BCUT2D eigenvalue weighted by molar-refractivity contribution is 0.415. The van der Waals surface area contributed by atoms with Crippen LogP contribution in [0, 0.1) is 12.3 Å². The van der Waals surface area contributed by atoms with Crippen LogP contribution < -0.4 is 4.74 Å². The molecule has 1 nitrogen and oxygen atoms in total. The van der Waals surface area contributed by atoms with Gasteiger partial charge in [0, 0.05) is 5.56 Å². The molecule has 1 aliphatic carbocycles. The second kappa shape index (κ2) is 9.14. The van der Waals surface area contributed by atoms with Crippen molar-refractivity contribution in [1.82, 2.24) is 0 Å². The summed E-state index contributed by atoms with van der Waals surface area (Å²) in [6.45, 7) is 15.7. The third-order valence-corrected chi connectivity index (χ3v) is 6.62. The van der Waals surface area contributed by atoms with Crippen LogP contribution in [0.5, 0.6) is 5.75 Å². The quantitative estimate of drug-likeness (QED) is 0.395. The molecule has 0 radical (unpaired) electrons. The summed E-state index contributed by atoms with van der Waals surface area (Å²) in [5, 5.41) is 0. The molecular formula is C28H35BrO. The van der Waals surface area contributed by atoms with E-state index in [9.17, 15) is 0 Å². The monoisotopic (exact) mass is 466 g/mol. The molecule has 0 amide bonds. The zero-order chi connectivity index (χ0) is 22.1. The summed E-state index contributed by atoms with van der Waals surface area (Å²) in [6, 6.07) is 11.0. The van der Waals surface area contributed by atoms with Crippen LogP contribution in [-0.4, -0.2) is 7.11 Å². The van der Waals surface area contributed by atoms with Gasteiger partial charge in [-0.25, -0.2) is 0 Å². The van der Waals surface area contributed by atoms with Crippen LogP contribution in [0.1, 0.15) is 75.1 Å². The van der Waals surface area contributed by atoms with Crippen LogP contribution in [0.3, 0.4) is 0 Å². The zero-order valence-corrected chi connectivity index (χ0v) is 20.9. The fraction of sp³-hybridized carbons (Fsp3) is 0.429. The van der Waals surface area contributed by atoms with E-state index in [0.717, 1.165) is 23.1 Å². The Balaban J connectivity index is 2.29. The summed E-state index contributed by atoms with van der Waals surface area (Å²) >= 11 is 3.65. The van der Waals surface area contributed by atoms with E-state index in [4.69, 9.17) is 4.74 Å². The molecule has 0 aromatic heterocycles. The molecule has 0 heterocycles. The molecule has 2 aromatic carbocycles. The van der Waals surface area contributed by atoms with Crippen molar-refractivity contribution in [3.8, 4) is 16.9 Å². The molecule has 3 rings (SSSR count). The largest absolute Gasteiger partial charge is 0.496 e. The first-order valence-electron chi connectivity index (χ1n) is 11.0. The van der Waals surface area contributed by atoms with Crippen LogP contribution in [0.2, 0.25) is 0 Å².